The van der Waals surface area contributed by atoms with Crippen LogP contribution in [0.5, 0.6) is 0 Å². The molecular weight excluding hydrogens is 150 g/mol. The smallest absolute Gasteiger partial charge is 0.164 e. The molecule has 0 aromatic heterocycles. The van der Waals surface area contributed by atoms with E-state index in [0.29, 0.717) is 18.8 Å². The maximum absolute atomic E-state index is 10.8. The van der Waals surface area contributed by atoms with E-state index in [0.717, 1.165) is 0 Å². The third-order valence-corrected chi connectivity index (χ3v) is 3.05. The molecule has 1 aliphatic heterocycles. The van der Waals surface area contributed by atoms with E-state index in [1.54, 1.807) is 6.08 Å². The Morgan fingerprint density at radius 3 is 2.70 bits per heavy atom. The summed E-state index contributed by atoms with van der Waals surface area (Å²) in [5.41, 5.74) is 0. The average Bonchev–Trinajstić information content (AvgIpc) is 2.12. The molecule has 10 heavy (non-hydrogen) atoms. The molecule has 0 bridgehead atoms. The molecule has 0 aromatic carbocycles. The van der Waals surface area contributed by atoms with Crippen molar-refractivity contribution in [3.05, 3.63) is 12.7 Å². The van der Waals surface area contributed by atoms with Gasteiger partial charge in [0.05, 0.1) is 5.75 Å². The molecule has 1 fully saturated rings. The van der Waals surface area contributed by atoms with Crippen LogP contribution in [0.4, 0.5) is 0 Å². The van der Waals surface area contributed by atoms with Gasteiger partial charge in [-0.2, -0.15) is 0 Å². The molecule has 1 rings (SSSR count). The molecular formula is C6H11NO2S. The summed E-state index contributed by atoms with van der Waals surface area (Å²) in [5.74, 6) is 0.514. The molecule has 0 spiro atoms. The lowest BCUT2D eigenvalue weighted by Gasteiger charge is -2.07. The first-order valence-electron chi connectivity index (χ1n) is 3.18. The van der Waals surface area contributed by atoms with E-state index < -0.39 is 9.84 Å². The molecule has 3 nitrogen and oxygen atoms in total. The summed E-state index contributed by atoms with van der Waals surface area (Å²) >= 11 is 0. The summed E-state index contributed by atoms with van der Waals surface area (Å²) in [6.07, 6.45) is 1.72. The Labute approximate surface area is 61.3 Å². The van der Waals surface area contributed by atoms with Crippen molar-refractivity contribution in [1.82, 2.24) is 4.90 Å². The molecule has 1 saturated heterocycles. The fourth-order valence-electron chi connectivity index (χ4n) is 1.00. The average molecular weight is 161 g/mol. The van der Waals surface area contributed by atoms with Crippen molar-refractivity contribution >= 4 is 9.84 Å². The Kier molecular flexibility index (Phi) is 2.11. The Hall–Kier alpha value is -0.350. The van der Waals surface area contributed by atoms with Gasteiger partial charge in [0.1, 0.15) is 5.88 Å². The Bertz CT molecular complexity index is 220. The molecule has 0 amide bonds. The highest BCUT2D eigenvalue weighted by Crippen LogP contribution is 2.05. The van der Waals surface area contributed by atoms with Crippen molar-refractivity contribution in [2.24, 2.45) is 0 Å². The lowest BCUT2D eigenvalue weighted by molar-refractivity contribution is 0.393. The minimum atomic E-state index is -2.74. The molecule has 0 atom stereocenters. The van der Waals surface area contributed by atoms with Crippen molar-refractivity contribution in [3.8, 4) is 0 Å². The summed E-state index contributed by atoms with van der Waals surface area (Å²) in [5, 5.41) is 0. The van der Waals surface area contributed by atoms with E-state index in [2.05, 4.69) is 6.58 Å². The third-order valence-electron chi connectivity index (χ3n) is 1.49. The van der Waals surface area contributed by atoms with Crippen LogP contribution >= 0.6 is 0 Å². The molecule has 0 saturated carbocycles. The highest BCUT2D eigenvalue weighted by atomic mass is 32.2. The first-order chi connectivity index (χ1) is 4.64. The van der Waals surface area contributed by atoms with E-state index in [9.17, 15) is 8.42 Å². The van der Waals surface area contributed by atoms with Crippen LogP contribution in [0.15, 0.2) is 12.7 Å². The number of nitrogens with zero attached hydrogens (tertiary/aromatic N) is 1. The van der Waals surface area contributed by atoms with Crippen LogP contribution in [0, 0.1) is 0 Å². The van der Waals surface area contributed by atoms with Crippen LogP contribution in [0.25, 0.3) is 0 Å². The summed E-state index contributed by atoms with van der Waals surface area (Å²) < 4.78 is 21.7. The Morgan fingerprint density at radius 2 is 2.30 bits per heavy atom. The van der Waals surface area contributed by atoms with Crippen molar-refractivity contribution in [2.75, 3.05) is 24.7 Å². The number of rotatable bonds is 2. The SMILES string of the molecule is C=CCN1CCS(=O)(=O)C1. The topological polar surface area (TPSA) is 37.4 Å². The first-order valence-corrected chi connectivity index (χ1v) is 5.00. The molecule has 0 aromatic rings. The molecule has 1 aliphatic rings. The largest absolute Gasteiger partial charge is 0.285 e. The Morgan fingerprint density at radius 1 is 1.60 bits per heavy atom. The summed E-state index contributed by atoms with van der Waals surface area (Å²) in [6, 6.07) is 0. The highest BCUT2D eigenvalue weighted by molar-refractivity contribution is 7.91. The van der Waals surface area contributed by atoms with E-state index in [1.807, 2.05) is 4.90 Å². The fourth-order valence-corrected chi connectivity index (χ4v) is 2.46. The zero-order valence-electron chi connectivity index (χ0n) is 5.78. The normalized spacial score (nSPS) is 24.8. The quantitative estimate of drug-likeness (QED) is 0.529. The van der Waals surface area contributed by atoms with Gasteiger partial charge < -0.3 is 0 Å². The predicted octanol–water partition coefficient (Wildman–Crippen LogP) is -0.140. The zero-order chi connectivity index (χ0) is 7.61. The molecule has 1 heterocycles. The predicted molar refractivity (Wildman–Crippen MR) is 40.4 cm³/mol. The molecule has 58 valence electrons. The minimum absolute atomic E-state index is 0.207. The van der Waals surface area contributed by atoms with Gasteiger partial charge in [-0.15, -0.1) is 6.58 Å². The summed E-state index contributed by atoms with van der Waals surface area (Å²) in [4.78, 5) is 1.86. The van der Waals surface area contributed by atoms with Gasteiger partial charge in [0.25, 0.3) is 0 Å². The number of hydrogen-bond acceptors (Lipinski definition) is 3. The van der Waals surface area contributed by atoms with Crippen molar-refractivity contribution in [3.63, 3.8) is 0 Å². The van der Waals surface area contributed by atoms with Crippen LogP contribution in [0.3, 0.4) is 0 Å². The van der Waals surface area contributed by atoms with Gasteiger partial charge in [-0.3, -0.25) is 4.90 Å². The monoisotopic (exact) mass is 161 g/mol. The second-order valence-corrected chi connectivity index (χ2v) is 4.60. The van der Waals surface area contributed by atoms with Gasteiger partial charge in [-0.25, -0.2) is 8.42 Å². The van der Waals surface area contributed by atoms with E-state index in [4.69, 9.17) is 0 Å². The highest BCUT2D eigenvalue weighted by Gasteiger charge is 2.23. The van der Waals surface area contributed by atoms with Crippen molar-refractivity contribution in [2.45, 2.75) is 0 Å². The maximum Gasteiger partial charge on any atom is 0.164 e. The van der Waals surface area contributed by atoms with E-state index in [1.165, 1.54) is 0 Å². The molecule has 0 unspecified atom stereocenters. The molecule has 4 heteroatoms. The van der Waals surface area contributed by atoms with Crippen molar-refractivity contribution < 1.29 is 8.42 Å². The van der Waals surface area contributed by atoms with Gasteiger partial charge in [0.15, 0.2) is 9.84 Å². The third kappa shape index (κ3) is 1.82. The van der Waals surface area contributed by atoms with Gasteiger partial charge in [0, 0.05) is 13.1 Å². The summed E-state index contributed by atoms with van der Waals surface area (Å²) in [7, 11) is -2.74. The van der Waals surface area contributed by atoms with E-state index >= 15 is 0 Å². The maximum atomic E-state index is 10.8. The lowest BCUT2D eigenvalue weighted by Crippen LogP contribution is -2.20. The van der Waals surface area contributed by atoms with Crippen molar-refractivity contribution in [1.29, 1.82) is 0 Å². The van der Waals surface area contributed by atoms with Crippen LogP contribution in [-0.4, -0.2) is 38.0 Å². The first kappa shape index (κ1) is 7.75. The van der Waals surface area contributed by atoms with Gasteiger partial charge in [0.2, 0.25) is 0 Å². The van der Waals surface area contributed by atoms with Crippen LogP contribution in [0.2, 0.25) is 0 Å². The van der Waals surface area contributed by atoms with Crippen LogP contribution in [0.1, 0.15) is 0 Å². The minimum Gasteiger partial charge on any atom is -0.285 e. The van der Waals surface area contributed by atoms with Gasteiger partial charge in [-0.1, -0.05) is 6.08 Å². The lowest BCUT2D eigenvalue weighted by atomic mass is 10.5. The standard InChI is InChI=1S/C6H11NO2S/c1-2-3-7-4-5-10(8,9)6-7/h2H,1,3-6H2. The van der Waals surface area contributed by atoms with Crippen LogP contribution < -0.4 is 0 Å². The number of hydrogen-bond donors (Lipinski definition) is 0. The van der Waals surface area contributed by atoms with Crippen LogP contribution in [-0.2, 0) is 9.84 Å². The summed E-state index contributed by atoms with van der Waals surface area (Å²) in [6.45, 7) is 4.88. The fraction of sp³-hybridized carbons (Fsp3) is 0.667. The van der Waals surface area contributed by atoms with E-state index in [-0.39, 0.29) is 5.88 Å². The molecule has 0 radical (unpaired) electrons. The molecule has 0 N–H and O–H groups in total. The number of sulfone groups is 1. The second kappa shape index (κ2) is 2.72. The molecule has 0 aliphatic carbocycles. The zero-order valence-corrected chi connectivity index (χ0v) is 6.60. The second-order valence-electron chi connectivity index (χ2n) is 2.44. The van der Waals surface area contributed by atoms with Gasteiger partial charge >= 0.3 is 0 Å². The van der Waals surface area contributed by atoms with Gasteiger partial charge in [-0.05, 0) is 0 Å². The Balaban J connectivity index is 2.51.